The number of para-hydroxylation sites is 2. The Kier molecular flexibility index (Phi) is 6.01. The first-order valence-electron chi connectivity index (χ1n) is 9.42. The van der Waals surface area contributed by atoms with E-state index in [2.05, 4.69) is 26.2 Å². The molecule has 0 unspecified atom stereocenters. The van der Waals surface area contributed by atoms with Gasteiger partial charge in [-0.05, 0) is 60.2 Å². The number of nitrogens with zero attached hydrogens (tertiary/aromatic N) is 1. The highest BCUT2D eigenvalue weighted by atomic mass is 79.9. The molecule has 0 radical (unpaired) electrons. The van der Waals surface area contributed by atoms with E-state index < -0.39 is 0 Å². The molecule has 156 valence electrons. The van der Waals surface area contributed by atoms with E-state index in [1.807, 2.05) is 36.4 Å². The quantitative estimate of drug-likeness (QED) is 0.376. The normalized spacial score (nSPS) is 10.8. The average Bonchev–Trinajstić information content (AvgIpc) is 2.76. The van der Waals surface area contributed by atoms with Gasteiger partial charge in [-0.2, -0.15) is 0 Å². The molecule has 0 spiro atoms. The Morgan fingerprint density at radius 1 is 1.13 bits per heavy atom. The number of carbonyl (C=O) groups excluding carboxylic acids is 1. The number of aromatic amines is 1. The number of carbonyl (C=O) groups is 1. The molecule has 0 fully saturated rings. The second kappa shape index (κ2) is 8.87. The maximum absolute atomic E-state index is 13.0. The molecule has 1 amide bonds. The van der Waals surface area contributed by atoms with Gasteiger partial charge in [-0.1, -0.05) is 40.2 Å². The lowest BCUT2D eigenvalue weighted by Crippen LogP contribution is -2.23. The maximum atomic E-state index is 13.0. The Morgan fingerprint density at radius 3 is 2.71 bits per heavy atom. The highest BCUT2D eigenvalue weighted by Crippen LogP contribution is 2.24. The van der Waals surface area contributed by atoms with Crippen molar-refractivity contribution in [3.05, 3.63) is 97.5 Å². The third-order valence-corrected chi connectivity index (χ3v) is 5.64. The SMILES string of the molecule is COc1ccccc1NC(=O)c1ccc2c(=O)n(Cc3cccc(Br)c3)c(=S)[nH]c2c1. The molecule has 0 aliphatic rings. The number of aromatic nitrogens is 2. The first-order valence-corrected chi connectivity index (χ1v) is 10.6. The fraction of sp³-hybridized carbons (Fsp3) is 0.0870. The predicted octanol–water partition coefficient (Wildman–Crippen LogP) is 5.13. The summed E-state index contributed by atoms with van der Waals surface area (Å²) in [5.41, 5.74) is 2.20. The molecule has 0 aliphatic heterocycles. The van der Waals surface area contributed by atoms with Crippen molar-refractivity contribution in [1.82, 2.24) is 9.55 Å². The first kappa shape index (κ1) is 21.0. The van der Waals surface area contributed by atoms with Gasteiger partial charge in [0.05, 0.1) is 30.2 Å². The van der Waals surface area contributed by atoms with Gasteiger partial charge in [0, 0.05) is 10.0 Å². The molecule has 31 heavy (non-hydrogen) atoms. The van der Waals surface area contributed by atoms with E-state index in [4.69, 9.17) is 17.0 Å². The van der Waals surface area contributed by atoms with Gasteiger partial charge in [-0.15, -0.1) is 0 Å². The molecule has 1 heterocycles. The number of ether oxygens (including phenoxy) is 1. The molecule has 4 rings (SSSR count). The Hall–Kier alpha value is -3.23. The fourth-order valence-electron chi connectivity index (χ4n) is 3.30. The molecular formula is C23H18BrN3O3S. The van der Waals surface area contributed by atoms with Crippen LogP contribution < -0.4 is 15.6 Å². The smallest absolute Gasteiger partial charge is 0.262 e. The molecule has 0 aliphatic carbocycles. The third kappa shape index (κ3) is 4.45. The number of anilines is 1. The van der Waals surface area contributed by atoms with E-state index >= 15 is 0 Å². The van der Waals surface area contributed by atoms with Gasteiger partial charge in [0.1, 0.15) is 5.75 Å². The van der Waals surface area contributed by atoms with E-state index in [0.717, 1.165) is 10.0 Å². The minimum Gasteiger partial charge on any atom is -0.495 e. The number of H-pyrrole nitrogens is 1. The molecule has 0 atom stereocenters. The van der Waals surface area contributed by atoms with E-state index in [1.165, 1.54) is 4.57 Å². The van der Waals surface area contributed by atoms with Gasteiger partial charge in [0.25, 0.3) is 11.5 Å². The van der Waals surface area contributed by atoms with Crippen molar-refractivity contribution in [3.8, 4) is 5.75 Å². The third-order valence-electron chi connectivity index (χ3n) is 4.83. The zero-order chi connectivity index (χ0) is 22.0. The molecule has 0 bridgehead atoms. The number of benzene rings is 3. The van der Waals surface area contributed by atoms with E-state index in [-0.39, 0.29) is 11.5 Å². The summed E-state index contributed by atoms with van der Waals surface area (Å²) >= 11 is 8.86. The van der Waals surface area contributed by atoms with E-state index in [0.29, 0.717) is 39.2 Å². The number of nitrogens with one attached hydrogen (secondary N) is 2. The van der Waals surface area contributed by atoms with Crippen molar-refractivity contribution in [1.29, 1.82) is 0 Å². The number of hydrogen-bond acceptors (Lipinski definition) is 4. The zero-order valence-corrected chi connectivity index (χ0v) is 18.9. The van der Waals surface area contributed by atoms with Crippen LogP contribution in [0.1, 0.15) is 15.9 Å². The lowest BCUT2D eigenvalue weighted by atomic mass is 10.1. The molecule has 0 saturated heterocycles. The maximum Gasteiger partial charge on any atom is 0.262 e. The van der Waals surface area contributed by atoms with Gasteiger partial charge in [-0.3, -0.25) is 14.2 Å². The van der Waals surface area contributed by atoms with Crippen LogP contribution in [0.4, 0.5) is 5.69 Å². The second-order valence-electron chi connectivity index (χ2n) is 6.87. The summed E-state index contributed by atoms with van der Waals surface area (Å²) < 4.78 is 8.00. The van der Waals surface area contributed by atoms with Gasteiger partial charge >= 0.3 is 0 Å². The molecule has 2 N–H and O–H groups in total. The van der Waals surface area contributed by atoms with Crippen LogP contribution in [-0.2, 0) is 6.54 Å². The Morgan fingerprint density at radius 2 is 1.94 bits per heavy atom. The van der Waals surface area contributed by atoms with Gasteiger partial charge < -0.3 is 15.0 Å². The first-order chi connectivity index (χ1) is 15.0. The van der Waals surface area contributed by atoms with Crippen molar-refractivity contribution in [3.63, 3.8) is 0 Å². The van der Waals surface area contributed by atoms with E-state index in [1.54, 1.807) is 37.4 Å². The summed E-state index contributed by atoms with van der Waals surface area (Å²) in [6, 6.07) is 19.7. The Bertz CT molecular complexity index is 1410. The van der Waals surface area contributed by atoms with Crippen molar-refractivity contribution >= 4 is 50.6 Å². The topological polar surface area (TPSA) is 76.1 Å². The number of halogens is 1. The van der Waals surface area contributed by atoms with Crippen LogP contribution in [0.2, 0.25) is 0 Å². The molecular weight excluding hydrogens is 478 g/mol. The van der Waals surface area contributed by atoms with Crippen molar-refractivity contribution < 1.29 is 9.53 Å². The van der Waals surface area contributed by atoms with Crippen molar-refractivity contribution in [2.45, 2.75) is 6.54 Å². The van der Waals surface area contributed by atoms with Gasteiger partial charge in [-0.25, -0.2) is 0 Å². The van der Waals surface area contributed by atoms with Crippen LogP contribution in [0.5, 0.6) is 5.75 Å². The van der Waals surface area contributed by atoms with Crippen LogP contribution in [0.3, 0.4) is 0 Å². The molecule has 8 heteroatoms. The molecule has 0 saturated carbocycles. The van der Waals surface area contributed by atoms with Crippen LogP contribution in [0.15, 0.2) is 76.0 Å². The van der Waals surface area contributed by atoms with Crippen molar-refractivity contribution in [2.24, 2.45) is 0 Å². The summed E-state index contributed by atoms with van der Waals surface area (Å²) in [7, 11) is 1.54. The molecule has 6 nitrogen and oxygen atoms in total. The fourth-order valence-corrected chi connectivity index (χ4v) is 4.00. The van der Waals surface area contributed by atoms with Crippen LogP contribution in [0, 0.1) is 4.77 Å². The highest BCUT2D eigenvalue weighted by molar-refractivity contribution is 9.10. The van der Waals surface area contributed by atoms with Crippen LogP contribution in [0.25, 0.3) is 10.9 Å². The number of amides is 1. The number of hydrogen-bond donors (Lipinski definition) is 2. The summed E-state index contributed by atoms with van der Waals surface area (Å²) in [4.78, 5) is 28.9. The molecule has 1 aromatic heterocycles. The summed E-state index contributed by atoms with van der Waals surface area (Å²) in [6.07, 6.45) is 0. The lowest BCUT2D eigenvalue weighted by Gasteiger charge is -2.11. The van der Waals surface area contributed by atoms with Crippen molar-refractivity contribution in [2.75, 3.05) is 12.4 Å². The Labute approximate surface area is 191 Å². The summed E-state index contributed by atoms with van der Waals surface area (Å²) in [5.74, 6) is 0.246. The van der Waals surface area contributed by atoms with Crippen LogP contribution >= 0.6 is 28.1 Å². The monoisotopic (exact) mass is 495 g/mol. The van der Waals surface area contributed by atoms with Gasteiger partial charge in [0.2, 0.25) is 0 Å². The average molecular weight is 496 g/mol. The standard InChI is InChI=1S/C23H18BrN3O3S/c1-30-20-8-3-2-7-18(20)25-21(28)15-9-10-17-19(12-15)26-23(31)27(22(17)29)13-14-5-4-6-16(24)11-14/h2-12H,13H2,1H3,(H,25,28)(H,26,31). The minimum absolute atomic E-state index is 0.213. The summed E-state index contributed by atoms with van der Waals surface area (Å²) in [6.45, 7) is 0.347. The zero-order valence-electron chi connectivity index (χ0n) is 16.5. The number of rotatable bonds is 5. The molecule has 4 aromatic rings. The van der Waals surface area contributed by atoms with Crippen LogP contribution in [-0.4, -0.2) is 22.6 Å². The van der Waals surface area contributed by atoms with E-state index in [9.17, 15) is 9.59 Å². The van der Waals surface area contributed by atoms with Gasteiger partial charge in [0.15, 0.2) is 4.77 Å². The molecule has 3 aromatic carbocycles. The minimum atomic E-state index is -0.316. The second-order valence-corrected chi connectivity index (χ2v) is 8.17. The Balaban J connectivity index is 1.68. The highest BCUT2D eigenvalue weighted by Gasteiger charge is 2.13. The lowest BCUT2D eigenvalue weighted by molar-refractivity contribution is 0.102. The number of methoxy groups -OCH3 is 1. The largest absolute Gasteiger partial charge is 0.495 e. The number of fused-ring (bicyclic) bond motifs is 1. The predicted molar refractivity (Wildman–Crippen MR) is 128 cm³/mol. The summed E-state index contributed by atoms with van der Waals surface area (Å²) in [5, 5.41) is 3.29.